The fourth-order valence-electron chi connectivity index (χ4n) is 3.16. The van der Waals surface area contributed by atoms with E-state index in [4.69, 9.17) is 9.15 Å². The summed E-state index contributed by atoms with van der Waals surface area (Å²) in [6.45, 7) is 5.28. The van der Waals surface area contributed by atoms with Gasteiger partial charge in [0.05, 0.1) is 0 Å². The Hall–Kier alpha value is -3.40. The van der Waals surface area contributed by atoms with Crippen LogP contribution in [0.3, 0.4) is 0 Å². The topological polar surface area (TPSA) is 43.3 Å². The van der Waals surface area contributed by atoms with Crippen LogP contribution in [0.5, 0.6) is 5.75 Å². The van der Waals surface area contributed by atoms with Gasteiger partial charge in [0.2, 0.25) is 0 Å². The van der Waals surface area contributed by atoms with Crippen molar-refractivity contribution in [3.63, 3.8) is 0 Å². The van der Waals surface area contributed by atoms with Gasteiger partial charge in [-0.3, -0.25) is 0 Å². The van der Waals surface area contributed by atoms with E-state index in [2.05, 4.69) is 60.3 Å². The van der Waals surface area contributed by atoms with Crippen molar-refractivity contribution in [2.45, 2.75) is 27.0 Å². The van der Waals surface area contributed by atoms with Crippen LogP contribution in [0, 0.1) is 13.8 Å². The van der Waals surface area contributed by atoms with Gasteiger partial charge in [0.25, 0.3) is 0 Å². The average Bonchev–Trinajstić information content (AvgIpc) is 2.69. The van der Waals surface area contributed by atoms with E-state index in [9.17, 15) is 4.79 Å². The van der Waals surface area contributed by atoms with Crippen molar-refractivity contribution in [1.29, 1.82) is 0 Å². The summed E-state index contributed by atoms with van der Waals surface area (Å²) in [5.74, 6) is 0.678. The standard InChI is InChI=1S/C24H22NO3/c1-17-3-5-19(6-4-17)15-25-11-9-20(10-12-25)16-27-21-7-8-22-18(2)13-24(26)28-23(22)14-21/h3-14H,15-16H2,1-2H3/q+1. The molecule has 0 unspecified atom stereocenters. The SMILES string of the molecule is Cc1ccc(C[n+]2ccc(COc3ccc4c(C)cc(=O)oc4c3)cc2)cc1. The molecule has 0 aliphatic heterocycles. The van der Waals surface area contributed by atoms with E-state index in [1.54, 1.807) is 6.07 Å². The number of hydrogen-bond acceptors (Lipinski definition) is 3. The zero-order valence-electron chi connectivity index (χ0n) is 16.0. The Bertz CT molecular complexity index is 1160. The maximum absolute atomic E-state index is 11.6. The number of benzene rings is 2. The van der Waals surface area contributed by atoms with Gasteiger partial charge in [-0.25, -0.2) is 9.36 Å². The number of aromatic nitrogens is 1. The average molecular weight is 372 g/mol. The molecule has 0 bridgehead atoms. The molecule has 0 fully saturated rings. The number of nitrogens with zero attached hydrogens (tertiary/aromatic N) is 1. The predicted octanol–water partition coefficient (Wildman–Crippen LogP) is 4.32. The van der Waals surface area contributed by atoms with E-state index < -0.39 is 0 Å². The second-order valence-electron chi connectivity index (χ2n) is 7.06. The van der Waals surface area contributed by atoms with Crippen LogP contribution in [0.15, 0.2) is 82.3 Å². The van der Waals surface area contributed by atoms with Gasteiger partial charge in [0.1, 0.15) is 17.9 Å². The smallest absolute Gasteiger partial charge is 0.336 e. The largest absolute Gasteiger partial charge is 0.489 e. The van der Waals surface area contributed by atoms with E-state index in [1.165, 1.54) is 17.2 Å². The Kier molecular flexibility index (Phi) is 4.94. The van der Waals surface area contributed by atoms with E-state index in [-0.39, 0.29) is 5.63 Å². The summed E-state index contributed by atoms with van der Waals surface area (Å²) in [4.78, 5) is 11.6. The maximum Gasteiger partial charge on any atom is 0.336 e. The molecule has 28 heavy (non-hydrogen) atoms. The normalized spacial score (nSPS) is 10.9. The molecule has 0 N–H and O–H groups in total. The minimum absolute atomic E-state index is 0.344. The third-order valence-electron chi connectivity index (χ3n) is 4.77. The van der Waals surface area contributed by atoms with Crippen molar-refractivity contribution in [3.8, 4) is 5.75 Å². The monoisotopic (exact) mass is 372 g/mol. The Morgan fingerprint density at radius 1 is 0.893 bits per heavy atom. The van der Waals surface area contributed by atoms with Gasteiger partial charge in [0.15, 0.2) is 18.9 Å². The lowest BCUT2D eigenvalue weighted by Gasteiger charge is -2.07. The molecule has 4 nitrogen and oxygen atoms in total. The lowest BCUT2D eigenvalue weighted by molar-refractivity contribution is -0.688. The maximum atomic E-state index is 11.6. The molecule has 0 aliphatic carbocycles. The van der Waals surface area contributed by atoms with Crippen LogP contribution in [0.1, 0.15) is 22.3 Å². The van der Waals surface area contributed by atoms with Crippen molar-refractivity contribution in [2.24, 2.45) is 0 Å². The molecule has 0 amide bonds. The van der Waals surface area contributed by atoms with E-state index in [0.29, 0.717) is 17.9 Å². The summed E-state index contributed by atoms with van der Waals surface area (Å²) in [5.41, 5.74) is 4.72. The highest BCUT2D eigenvalue weighted by Crippen LogP contribution is 2.22. The lowest BCUT2D eigenvalue weighted by atomic mass is 10.1. The van der Waals surface area contributed by atoms with Gasteiger partial charge < -0.3 is 9.15 Å². The van der Waals surface area contributed by atoms with Gasteiger partial charge in [-0.1, -0.05) is 29.8 Å². The number of fused-ring (bicyclic) bond motifs is 1. The summed E-state index contributed by atoms with van der Waals surface area (Å²) >= 11 is 0. The van der Waals surface area contributed by atoms with Gasteiger partial charge >= 0.3 is 5.63 Å². The third kappa shape index (κ3) is 4.12. The van der Waals surface area contributed by atoms with Crippen molar-refractivity contribution < 1.29 is 13.7 Å². The first kappa shape index (κ1) is 18.0. The quantitative estimate of drug-likeness (QED) is 0.387. The fraction of sp³-hybridized carbons (Fsp3) is 0.167. The number of rotatable bonds is 5. The summed E-state index contributed by atoms with van der Waals surface area (Å²) < 4.78 is 13.3. The highest BCUT2D eigenvalue weighted by Gasteiger charge is 2.06. The fourth-order valence-corrected chi connectivity index (χ4v) is 3.16. The molecule has 0 saturated heterocycles. The zero-order valence-corrected chi connectivity index (χ0v) is 16.0. The zero-order chi connectivity index (χ0) is 19.5. The molecule has 2 heterocycles. The minimum atomic E-state index is -0.344. The number of aryl methyl sites for hydroxylation is 2. The number of pyridine rings is 1. The molecular formula is C24H22NO3+. The third-order valence-corrected chi connectivity index (χ3v) is 4.77. The Morgan fingerprint density at radius 3 is 2.39 bits per heavy atom. The molecule has 2 aromatic heterocycles. The molecule has 0 spiro atoms. The van der Waals surface area contributed by atoms with E-state index in [1.807, 2.05) is 19.1 Å². The van der Waals surface area contributed by atoms with Gasteiger partial charge in [-0.2, -0.15) is 0 Å². The molecule has 2 aromatic carbocycles. The molecule has 4 heteroatoms. The highest BCUT2D eigenvalue weighted by atomic mass is 16.5. The van der Waals surface area contributed by atoms with Crippen molar-refractivity contribution >= 4 is 11.0 Å². The molecule has 0 aliphatic rings. The summed E-state index contributed by atoms with van der Waals surface area (Å²) in [6, 6.07) is 19.8. The van der Waals surface area contributed by atoms with E-state index >= 15 is 0 Å². The molecule has 4 aromatic rings. The van der Waals surface area contributed by atoms with Crippen molar-refractivity contribution in [3.05, 3.63) is 106 Å². The second-order valence-corrected chi connectivity index (χ2v) is 7.06. The first-order chi connectivity index (χ1) is 13.6. The molecular weight excluding hydrogens is 350 g/mol. The van der Waals surface area contributed by atoms with Gasteiger partial charge in [0, 0.05) is 40.8 Å². The second kappa shape index (κ2) is 7.69. The van der Waals surface area contributed by atoms with Gasteiger partial charge in [-0.15, -0.1) is 0 Å². The Balaban J connectivity index is 1.43. The molecule has 4 rings (SSSR count). The summed E-state index contributed by atoms with van der Waals surface area (Å²) in [7, 11) is 0. The molecule has 0 saturated carbocycles. The Morgan fingerprint density at radius 2 is 1.64 bits per heavy atom. The first-order valence-electron chi connectivity index (χ1n) is 9.28. The van der Waals surface area contributed by atoms with Crippen LogP contribution in [0.4, 0.5) is 0 Å². The van der Waals surface area contributed by atoms with E-state index in [0.717, 1.165) is 23.1 Å². The number of ether oxygens (including phenoxy) is 1. The summed E-state index contributed by atoms with van der Waals surface area (Å²) in [5, 5.41) is 0.920. The molecule has 0 radical (unpaired) electrons. The highest BCUT2D eigenvalue weighted by molar-refractivity contribution is 5.81. The molecule has 140 valence electrons. The number of hydrogen-bond donors (Lipinski definition) is 0. The lowest BCUT2D eigenvalue weighted by Crippen LogP contribution is -2.33. The Labute approximate surface area is 163 Å². The van der Waals surface area contributed by atoms with Crippen molar-refractivity contribution in [2.75, 3.05) is 0 Å². The van der Waals surface area contributed by atoms with Crippen LogP contribution in [0.25, 0.3) is 11.0 Å². The van der Waals surface area contributed by atoms with Gasteiger partial charge in [-0.05, 0) is 31.5 Å². The van der Waals surface area contributed by atoms with Crippen LogP contribution in [0.2, 0.25) is 0 Å². The first-order valence-corrected chi connectivity index (χ1v) is 9.28. The summed E-state index contributed by atoms with van der Waals surface area (Å²) in [6.07, 6.45) is 4.11. The van der Waals surface area contributed by atoms with Crippen molar-refractivity contribution in [1.82, 2.24) is 0 Å². The predicted molar refractivity (Wildman–Crippen MR) is 108 cm³/mol. The van der Waals surface area contributed by atoms with Crippen LogP contribution in [-0.4, -0.2) is 0 Å². The molecule has 0 atom stereocenters. The van der Waals surface area contributed by atoms with Crippen LogP contribution < -0.4 is 14.9 Å². The minimum Gasteiger partial charge on any atom is -0.489 e. The van der Waals surface area contributed by atoms with Crippen LogP contribution >= 0.6 is 0 Å². The van der Waals surface area contributed by atoms with Crippen LogP contribution in [-0.2, 0) is 13.2 Å².